The molecule has 0 radical (unpaired) electrons. The molecule has 0 aliphatic heterocycles. The number of aliphatic hydroxyl groups excluding tert-OH is 1. The molecule has 0 amide bonds. The highest BCUT2D eigenvalue weighted by atomic mass is 16.3. The van der Waals surface area contributed by atoms with Crippen LogP contribution in [0, 0.1) is 10.8 Å². The third-order valence-electron chi connectivity index (χ3n) is 6.02. The second-order valence-corrected chi connectivity index (χ2v) is 6.99. The number of aliphatic hydroxyl groups is 1. The van der Waals surface area contributed by atoms with Gasteiger partial charge in [0, 0.05) is 17.3 Å². The number of hydrogen-bond donors (Lipinski definition) is 1. The normalized spacial score (nSPS) is 42.6. The summed E-state index contributed by atoms with van der Waals surface area (Å²) in [4.78, 5) is 12.0. The fourth-order valence-corrected chi connectivity index (χ4v) is 4.70. The summed E-state index contributed by atoms with van der Waals surface area (Å²) in [5.41, 5.74) is 3.70. The summed E-state index contributed by atoms with van der Waals surface area (Å²) in [6.07, 6.45) is 7.53. The molecule has 2 heteroatoms. The summed E-state index contributed by atoms with van der Waals surface area (Å²) in [5, 5.41) is 10.5. The van der Waals surface area contributed by atoms with Crippen LogP contribution in [0.1, 0.15) is 59.3 Å². The molecule has 1 N–H and O–H groups in total. The van der Waals surface area contributed by atoms with Gasteiger partial charge in [-0.15, -0.1) is 0 Å². The van der Waals surface area contributed by atoms with E-state index in [1.54, 1.807) is 0 Å². The standard InChI is InChI=1S/C17H24O2/c1-11-12-7-9-17(3)14(5-4-6-15(17)19)16(12,2)10-8-13(11)18/h5,15,19H,4,6-10H2,1-3H3/t15-,16+,17-/m1/s1. The number of fused-ring (bicyclic) bond motifs is 3. The monoisotopic (exact) mass is 260 g/mol. The lowest BCUT2D eigenvalue weighted by molar-refractivity contribution is -0.117. The minimum Gasteiger partial charge on any atom is -0.392 e. The molecular weight excluding hydrogens is 236 g/mol. The van der Waals surface area contributed by atoms with E-state index in [1.165, 1.54) is 11.1 Å². The Morgan fingerprint density at radius 2 is 2.00 bits per heavy atom. The highest BCUT2D eigenvalue weighted by Crippen LogP contribution is 2.60. The van der Waals surface area contributed by atoms with Crippen LogP contribution < -0.4 is 0 Å². The van der Waals surface area contributed by atoms with Crippen molar-refractivity contribution < 1.29 is 9.90 Å². The molecule has 0 saturated heterocycles. The molecule has 3 rings (SSSR count). The third kappa shape index (κ3) is 1.62. The highest BCUT2D eigenvalue weighted by molar-refractivity contribution is 5.97. The molecule has 2 nitrogen and oxygen atoms in total. The Morgan fingerprint density at radius 3 is 2.74 bits per heavy atom. The number of ketones is 1. The van der Waals surface area contributed by atoms with Crippen LogP contribution in [0.3, 0.4) is 0 Å². The van der Waals surface area contributed by atoms with Crippen LogP contribution in [0.4, 0.5) is 0 Å². The number of Topliss-reactive ketones (excluding diaryl/α,β-unsaturated/α-hetero) is 1. The van der Waals surface area contributed by atoms with Gasteiger partial charge in [0.15, 0.2) is 5.78 Å². The zero-order valence-electron chi connectivity index (χ0n) is 12.3. The van der Waals surface area contributed by atoms with E-state index in [0.29, 0.717) is 12.2 Å². The lowest BCUT2D eigenvalue weighted by Gasteiger charge is -2.54. The molecule has 1 saturated carbocycles. The summed E-state index contributed by atoms with van der Waals surface area (Å²) >= 11 is 0. The van der Waals surface area contributed by atoms with Gasteiger partial charge >= 0.3 is 0 Å². The van der Waals surface area contributed by atoms with Crippen molar-refractivity contribution in [2.24, 2.45) is 10.8 Å². The molecule has 0 bridgehead atoms. The van der Waals surface area contributed by atoms with Gasteiger partial charge in [-0.3, -0.25) is 4.79 Å². The zero-order valence-corrected chi connectivity index (χ0v) is 12.3. The molecule has 3 aliphatic rings. The first-order valence-corrected chi connectivity index (χ1v) is 7.52. The summed E-state index contributed by atoms with van der Waals surface area (Å²) in [6, 6.07) is 0. The van der Waals surface area contributed by atoms with Gasteiger partial charge in [0.25, 0.3) is 0 Å². The zero-order chi connectivity index (χ0) is 13.8. The van der Waals surface area contributed by atoms with E-state index >= 15 is 0 Å². The lowest BCUT2D eigenvalue weighted by atomic mass is 9.50. The number of carbonyl (C=O) groups excluding carboxylic acids is 1. The summed E-state index contributed by atoms with van der Waals surface area (Å²) < 4.78 is 0. The topological polar surface area (TPSA) is 37.3 Å². The smallest absolute Gasteiger partial charge is 0.158 e. The largest absolute Gasteiger partial charge is 0.392 e. The Balaban J connectivity index is 2.15. The van der Waals surface area contributed by atoms with Crippen LogP contribution in [-0.2, 0) is 4.79 Å². The van der Waals surface area contributed by atoms with Crippen LogP contribution in [0.5, 0.6) is 0 Å². The first-order valence-electron chi connectivity index (χ1n) is 7.52. The maximum Gasteiger partial charge on any atom is 0.158 e. The Bertz CT molecular complexity index is 499. The van der Waals surface area contributed by atoms with Gasteiger partial charge in [-0.25, -0.2) is 0 Å². The molecule has 1 fully saturated rings. The van der Waals surface area contributed by atoms with Crippen molar-refractivity contribution in [2.45, 2.75) is 65.4 Å². The van der Waals surface area contributed by atoms with E-state index in [0.717, 1.165) is 37.7 Å². The van der Waals surface area contributed by atoms with E-state index in [4.69, 9.17) is 0 Å². The van der Waals surface area contributed by atoms with Crippen LogP contribution in [0.25, 0.3) is 0 Å². The summed E-state index contributed by atoms with van der Waals surface area (Å²) in [6.45, 7) is 6.51. The van der Waals surface area contributed by atoms with Crippen LogP contribution in [-0.4, -0.2) is 17.0 Å². The number of allylic oxidation sites excluding steroid dienone is 3. The van der Waals surface area contributed by atoms with Crippen molar-refractivity contribution >= 4 is 5.78 Å². The van der Waals surface area contributed by atoms with E-state index in [9.17, 15) is 9.90 Å². The van der Waals surface area contributed by atoms with Crippen LogP contribution in [0.2, 0.25) is 0 Å². The van der Waals surface area contributed by atoms with Crippen molar-refractivity contribution in [3.05, 3.63) is 22.8 Å². The number of carbonyl (C=O) groups is 1. The first kappa shape index (κ1) is 13.1. The van der Waals surface area contributed by atoms with Crippen molar-refractivity contribution in [2.75, 3.05) is 0 Å². The van der Waals surface area contributed by atoms with Gasteiger partial charge in [-0.2, -0.15) is 0 Å². The average molecular weight is 260 g/mol. The molecule has 0 spiro atoms. The molecule has 3 aliphatic carbocycles. The predicted molar refractivity (Wildman–Crippen MR) is 75.7 cm³/mol. The molecule has 0 aromatic rings. The van der Waals surface area contributed by atoms with E-state index < -0.39 is 0 Å². The van der Waals surface area contributed by atoms with Crippen molar-refractivity contribution in [1.82, 2.24) is 0 Å². The van der Waals surface area contributed by atoms with E-state index in [2.05, 4.69) is 19.9 Å². The fraction of sp³-hybridized carbons (Fsp3) is 0.706. The lowest BCUT2D eigenvalue weighted by Crippen LogP contribution is -2.48. The molecule has 3 atom stereocenters. The van der Waals surface area contributed by atoms with Crippen molar-refractivity contribution in [3.8, 4) is 0 Å². The Hall–Kier alpha value is -0.890. The van der Waals surface area contributed by atoms with Crippen LogP contribution >= 0.6 is 0 Å². The molecule has 0 aromatic carbocycles. The second-order valence-electron chi connectivity index (χ2n) is 6.99. The molecule has 0 aromatic heterocycles. The molecule has 19 heavy (non-hydrogen) atoms. The minimum absolute atomic E-state index is 0.0202. The molecule has 104 valence electrons. The van der Waals surface area contributed by atoms with E-state index in [1.807, 2.05) is 6.92 Å². The van der Waals surface area contributed by atoms with Gasteiger partial charge in [0.1, 0.15) is 0 Å². The fourth-order valence-electron chi connectivity index (χ4n) is 4.70. The van der Waals surface area contributed by atoms with Gasteiger partial charge in [-0.05, 0) is 44.6 Å². The number of rotatable bonds is 0. The Labute approximate surface area is 115 Å². The summed E-state index contributed by atoms with van der Waals surface area (Å²) in [7, 11) is 0. The quantitative estimate of drug-likeness (QED) is 0.676. The average Bonchev–Trinajstić information content (AvgIpc) is 2.37. The third-order valence-corrected chi connectivity index (χ3v) is 6.02. The number of hydrogen-bond acceptors (Lipinski definition) is 2. The van der Waals surface area contributed by atoms with Gasteiger partial charge in [0.05, 0.1) is 6.10 Å². The predicted octanol–water partition coefficient (Wildman–Crippen LogP) is 3.55. The van der Waals surface area contributed by atoms with E-state index in [-0.39, 0.29) is 16.9 Å². The molecule has 0 heterocycles. The van der Waals surface area contributed by atoms with Crippen molar-refractivity contribution in [1.29, 1.82) is 0 Å². The highest BCUT2D eigenvalue weighted by Gasteiger charge is 2.52. The Morgan fingerprint density at radius 1 is 1.26 bits per heavy atom. The SMILES string of the molecule is CC1=C2CC[C@]3(C)C(=CCC[C@H]3O)[C@@]2(C)CCC1=O. The van der Waals surface area contributed by atoms with Gasteiger partial charge in [0.2, 0.25) is 0 Å². The maximum atomic E-state index is 12.0. The Kier molecular flexibility index (Phi) is 2.79. The van der Waals surface area contributed by atoms with Gasteiger partial charge in [-0.1, -0.05) is 31.1 Å². The summed E-state index contributed by atoms with van der Waals surface area (Å²) in [5.74, 6) is 0.327. The maximum absolute atomic E-state index is 12.0. The van der Waals surface area contributed by atoms with Crippen LogP contribution in [0.15, 0.2) is 22.8 Å². The minimum atomic E-state index is -0.219. The second kappa shape index (κ2) is 4.05. The molecule has 0 unspecified atom stereocenters. The molecular formula is C17H24O2. The van der Waals surface area contributed by atoms with Crippen molar-refractivity contribution in [3.63, 3.8) is 0 Å². The van der Waals surface area contributed by atoms with Gasteiger partial charge < -0.3 is 5.11 Å². The first-order chi connectivity index (χ1) is 8.89.